The van der Waals surface area contributed by atoms with Gasteiger partial charge in [0, 0.05) is 17.1 Å². The summed E-state index contributed by atoms with van der Waals surface area (Å²) in [6, 6.07) is 1.96. The number of aryl methyl sites for hydroxylation is 2. The molecule has 1 aliphatic carbocycles. The van der Waals surface area contributed by atoms with E-state index in [1.54, 1.807) is 0 Å². The third kappa shape index (κ3) is 3.25. The van der Waals surface area contributed by atoms with Gasteiger partial charge in [0.05, 0.1) is 0 Å². The second kappa shape index (κ2) is 5.25. The normalized spacial score (nSPS) is 22.8. The monoisotopic (exact) mass is 232 g/mol. The molecule has 1 atom stereocenters. The van der Waals surface area contributed by atoms with Crippen molar-refractivity contribution in [1.82, 2.24) is 9.97 Å². The molecule has 0 bridgehead atoms. The summed E-state index contributed by atoms with van der Waals surface area (Å²) in [6.45, 7) is 6.18. The van der Waals surface area contributed by atoms with Crippen molar-refractivity contribution in [2.45, 2.75) is 46.5 Å². The molecule has 1 aliphatic rings. The first kappa shape index (κ1) is 12.0. The van der Waals surface area contributed by atoms with Gasteiger partial charge in [0.2, 0.25) is 5.95 Å². The number of nitrogens with zero attached hydrogens (tertiary/aromatic N) is 3. The van der Waals surface area contributed by atoms with Gasteiger partial charge in [0.15, 0.2) is 0 Å². The minimum Gasteiger partial charge on any atom is -0.245 e. The lowest BCUT2D eigenvalue weighted by Gasteiger charge is -2.19. The SMILES string of the molecule is Cc1cc(C)nc(NN=C2CCCCC2C)n1. The maximum absolute atomic E-state index is 4.46. The highest BCUT2D eigenvalue weighted by molar-refractivity contribution is 5.87. The summed E-state index contributed by atoms with van der Waals surface area (Å²) in [5, 5.41) is 4.46. The zero-order valence-electron chi connectivity index (χ0n) is 10.8. The summed E-state index contributed by atoms with van der Waals surface area (Å²) >= 11 is 0. The standard InChI is InChI=1S/C13H20N4/c1-9-6-4-5-7-12(9)16-17-13-14-10(2)8-11(3)15-13/h8-9H,4-7H2,1-3H3,(H,14,15,17). The molecule has 0 aromatic carbocycles. The predicted molar refractivity (Wildman–Crippen MR) is 70.2 cm³/mol. The molecule has 17 heavy (non-hydrogen) atoms. The summed E-state index contributed by atoms with van der Waals surface area (Å²) in [6.07, 6.45) is 4.91. The van der Waals surface area contributed by atoms with Gasteiger partial charge in [0.1, 0.15) is 0 Å². The van der Waals surface area contributed by atoms with Crippen molar-refractivity contribution < 1.29 is 0 Å². The number of anilines is 1. The number of hydrogen-bond donors (Lipinski definition) is 1. The Morgan fingerprint density at radius 1 is 1.24 bits per heavy atom. The van der Waals surface area contributed by atoms with E-state index in [9.17, 15) is 0 Å². The van der Waals surface area contributed by atoms with Crippen molar-refractivity contribution in [3.05, 3.63) is 17.5 Å². The van der Waals surface area contributed by atoms with Crippen LogP contribution in [0, 0.1) is 19.8 Å². The third-order valence-electron chi connectivity index (χ3n) is 3.17. The molecule has 4 heteroatoms. The average Bonchev–Trinajstić information content (AvgIpc) is 2.27. The van der Waals surface area contributed by atoms with Crippen molar-refractivity contribution >= 4 is 11.7 Å². The van der Waals surface area contributed by atoms with Gasteiger partial charge >= 0.3 is 0 Å². The van der Waals surface area contributed by atoms with Gasteiger partial charge in [-0.25, -0.2) is 15.4 Å². The van der Waals surface area contributed by atoms with Crippen LogP contribution >= 0.6 is 0 Å². The van der Waals surface area contributed by atoms with Gasteiger partial charge in [0.25, 0.3) is 0 Å². The molecule has 1 saturated carbocycles. The largest absolute Gasteiger partial charge is 0.245 e. The Hall–Kier alpha value is -1.45. The number of hydrazone groups is 1. The summed E-state index contributed by atoms with van der Waals surface area (Å²) in [7, 11) is 0. The molecule has 0 amide bonds. The van der Waals surface area contributed by atoms with E-state index in [0.717, 1.165) is 17.8 Å². The lowest BCUT2D eigenvalue weighted by molar-refractivity contribution is 0.558. The molecule has 92 valence electrons. The Kier molecular flexibility index (Phi) is 3.71. The van der Waals surface area contributed by atoms with Crippen LogP contribution < -0.4 is 5.43 Å². The fraction of sp³-hybridized carbons (Fsp3) is 0.615. The van der Waals surface area contributed by atoms with Gasteiger partial charge in [-0.1, -0.05) is 13.3 Å². The number of rotatable bonds is 2. The van der Waals surface area contributed by atoms with Crippen molar-refractivity contribution in [2.75, 3.05) is 5.43 Å². The zero-order chi connectivity index (χ0) is 12.3. The molecule has 1 aromatic heterocycles. The van der Waals surface area contributed by atoms with Gasteiger partial charge in [-0.3, -0.25) is 0 Å². The van der Waals surface area contributed by atoms with Crippen LogP contribution in [0.2, 0.25) is 0 Å². The van der Waals surface area contributed by atoms with Crippen LogP contribution in [0.5, 0.6) is 0 Å². The summed E-state index contributed by atoms with van der Waals surface area (Å²) in [5.41, 5.74) is 6.18. The minimum atomic E-state index is 0.585. The first-order valence-corrected chi connectivity index (χ1v) is 6.30. The van der Waals surface area contributed by atoms with Crippen LogP contribution in [0.4, 0.5) is 5.95 Å². The molecule has 1 N–H and O–H groups in total. The Morgan fingerprint density at radius 3 is 2.59 bits per heavy atom. The quantitative estimate of drug-likeness (QED) is 0.797. The Labute approximate surface area is 103 Å². The summed E-state index contributed by atoms with van der Waals surface area (Å²) < 4.78 is 0. The minimum absolute atomic E-state index is 0.585. The Bertz CT molecular complexity index is 405. The third-order valence-corrected chi connectivity index (χ3v) is 3.17. The van der Waals surface area contributed by atoms with E-state index >= 15 is 0 Å². The maximum atomic E-state index is 4.46. The number of hydrogen-bond acceptors (Lipinski definition) is 4. The second-order valence-electron chi connectivity index (χ2n) is 4.84. The molecule has 1 fully saturated rings. The highest BCUT2D eigenvalue weighted by Gasteiger charge is 2.15. The van der Waals surface area contributed by atoms with Crippen molar-refractivity contribution in [2.24, 2.45) is 11.0 Å². The molecule has 1 heterocycles. The van der Waals surface area contributed by atoms with E-state index < -0.39 is 0 Å². The number of aromatic nitrogens is 2. The van der Waals surface area contributed by atoms with Crippen LogP contribution in [-0.2, 0) is 0 Å². The molecule has 4 nitrogen and oxygen atoms in total. The average molecular weight is 232 g/mol. The fourth-order valence-electron chi connectivity index (χ4n) is 2.23. The highest BCUT2D eigenvalue weighted by atomic mass is 15.4. The molecule has 0 spiro atoms. The molecule has 0 aliphatic heterocycles. The molecule has 1 unspecified atom stereocenters. The van der Waals surface area contributed by atoms with Gasteiger partial charge in [-0.15, -0.1) is 0 Å². The topological polar surface area (TPSA) is 50.2 Å². The fourth-order valence-corrected chi connectivity index (χ4v) is 2.23. The lowest BCUT2D eigenvalue weighted by Crippen LogP contribution is -2.18. The second-order valence-corrected chi connectivity index (χ2v) is 4.84. The lowest BCUT2D eigenvalue weighted by atomic mass is 9.89. The molecular formula is C13H20N4. The molecule has 0 saturated heterocycles. The van der Waals surface area contributed by atoms with E-state index in [1.165, 1.54) is 25.0 Å². The van der Waals surface area contributed by atoms with Gasteiger partial charge in [-0.05, 0) is 45.1 Å². The first-order chi connectivity index (χ1) is 8.15. The Balaban J connectivity index is 2.07. The first-order valence-electron chi connectivity index (χ1n) is 6.30. The van der Waals surface area contributed by atoms with Gasteiger partial charge < -0.3 is 0 Å². The molecule has 0 radical (unpaired) electrons. The van der Waals surface area contributed by atoms with E-state index in [1.807, 2.05) is 19.9 Å². The van der Waals surface area contributed by atoms with Crippen molar-refractivity contribution in [1.29, 1.82) is 0 Å². The van der Waals surface area contributed by atoms with Crippen LogP contribution in [0.25, 0.3) is 0 Å². The van der Waals surface area contributed by atoms with Crippen LogP contribution in [-0.4, -0.2) is 15.7 Å². The molecule has 1 aromatic rings. The van der Waals surface area contributed by atoms with E-state index in [-0.39, 0.29) is 0 Å². The van der Waals surface area contributed by atoms with E-state index in [4.69, 9.17) is 0 Å². The summed E-state index contributed by atoms with van der Waals surface area (Å²) in [5.74, 6) is 1.19. The van der Waals surface area contributed by atoms with E-state index in [2.05, 4.69) is 27.4 Å². The van der Waals surface area contributed by atoms with Crippen molar-refractivity contribution in [3.63, 3.8) is 0 Å². The van der Waals surface area contributed by atoms with E-state index in [0.29, 0.717) is 11.9 Å². The smallest absolute Gasteiger partial charge is 0.243 e. The van der Waals surface area contributed by atoms with Crippen molar-refractivity contribution in [3.8, 4) is 0 Å². The van der Waals surface area contributed by atoms with Gasteiger partial charge in [-0.2, -0.15) is 5.10 Å². The van der Waals surface area contributed by atoms with Crippen LogP contribution in [0.3, 0.4) is 0 Å². The predicted octanol–water partition coefficient (Wildman–Crippen LogP) is 3.07. The Morgan fingerprint density at radius 2 is 1.94 bits per heavy atom. The highest BCUT2D eigenvalue weighted by Crippen LogP contribution is 2.21. The number of nitrogens with one attached hydrogen (secondary N) is 1. The maximum Gasteiger partial charge on any atom is 0.243 e. The molecular weight excluding hydrogens is 212 g/mol. The van der Waals surface area contributed by atoms with Crippen LogP contribution in [0.15, 0.2) is 11.2 Å². The summed E-state index contributed by atoms with van der Waals surface area (Å²) in [4.78, 5) is 8.63. The molecule has 2 rings (SSSR count). The zero-order valence-corrected chi connectivity index (χ0v) is 10.8. The van der Waals surface area contributed by atoms with Crippen LogP contribution in [0.1, 0.15) is 44.0 Å².